The summed E-state index contributed by atoms with van der Waals surface area (Å²) in [6.45, 7) is 2.63. The van der Waals surface area contributed by atoms with Crippen LogP contribution < -0.4 is 10.9 Å². The van der Waals surface area contributed by atoms with Gasteiger partial charge in [-0.1, -0.05) is 30.3 Å². The minimum atomic E-state index is -0.0610. The SMILES string of the molecule is C[C@@H](NCc1nc2ccsc2c(=O)[nH]1)c1ccccc1. The maximum Gasteiger partial charge on any atom is 0.268 e. The van der Waals surface area contributed by atoms with Gasteiger partial charge < -0.3 is 10.3 Å². The zero-order valence-electron chi connectivity index (χ0n) is 11.1. The molecule has 0 aliphatic carbocycles. The van der Waals surface area contributed by atoms with Crippen molar-refractivity contribution in [2.45, 2.75) is 19.5 Å². The zero-order valence-corrected chi connectivity index (χ0v) is 11.9. The van der Waals surface area contributed by atoms with Crippen LogP contribution >= 0.6 is 11.3 Å². The predicted octanol–water partition coefficient (Wildman–Crippen LogP) is 2.84. The summed E-state index contributed by atoms with van der Waals surface area (Å²) < 4.78 is 0.685. The van der Waals surface area contributed by atoms with Crippen LogP contribution in [0, 0.1) is 0 Å². The Morgan fingerprint density at radius 3 is 2.90 bits per heavy atom. The van der Waals surface area contributed by atoms with E-state index >= 15 is 0 Å². The number of aromatic amines is 1. The lowest BCUT2D eigenvalue weighted by molar-refractivity contribution is 0.559. The summed E-state index contributed by atoms with van der Waals surface area (Å²) in [4.78, 5) is 19.1. The number of hydrogen-bond donors (Lipinski definition) is 2. The van der Waals surface area contributed by atoms with Crippen molar-refractivity contribution >= 4 is 21.6 Å². The van der Waals surface area contributed by atoms with Crippen LogP contribution in [0.4, 0.5) is 0 Å². The van der Waals surface area contributed by atoms with Crippen LogP contribution in [0.2, 0.25) is 0 Å². The van der Waals surface area contributed by atoms with Crippen molar-refractivity contribution in [2.75, 3.05) is 0 Å². The number of nitrogens with one attached hydrogen (secondary N) is 2. The minimum absolute atomic E-state index is 0.0610. The molecule has 5 heteroatoms. The fourth-order valence-electron chi connectivity index (χ4n) is 2.11. The summed E-state index contributed by atoms with van der Waals surface area (Å²) in [6.07, 6.45) is 0. The Bertz CT molecular complexity index is 763. The molecule has 20 heavy (non-hydrogen) atoms. The largest absolute Gasteiger partial charge is 0.308 e. The number of aromatic nitrogens is 2. The fraction of sp³-hybridized carbons (Fsp3) is 0.200. The van der Waals surface area contributed by atoms with Crippen LogP contribution in [-0.4, -0.2) is 9.97 Å². The van der Waals surface area contributed by atoms with Gasteiger partial charge in [-0.25, -0.2) is 4.98 Å². The van der Waals surface area contributed by atoms with Gasteiger partial charge in [-0.2, -0.15) is 0 Å². The first kappa shape index (κ1) is 13.0. The first-order chi connectivity index (χ1) is 9.74. The molecule has 3 aromatic rings. The quantitative estimate of drug-likeness (QED) is 0.775. The Hall–Kier alpha value is -1.98. The van der Waals surface area contributed by atoms with Crippen molar-refractivity contribution in [3.8, 4) is 0 Å². The zero-order chi connectivity index (χ0) is 13.9. The number of rotatable bonds is 4. The Morgan fingerprint density at radius 2 is 2.10 bits per heavy atom. The third kappa shape index (κ3) is 2.64. The Labute approximate surface area is 120 Å². The Balaban J connectivity index is 1.75. The van der Waals surface area contributed by atoms with Gasteiger partial charge in [0.2, 0.25) is 0 Å². The van der Waals surface area contributed by atoms with Gasteiger partial charge in [-0.05, 0) is 23.9 Å². The monoisotopic (exact) mass is 285 g/mol. The van der Waals surface area contributed by atoms with E-state index in [0.29, 0.717) is 17.1 Å². The minimum Gasteiger partial charge on any atom is -0.308 e. The smallest absolute Gasteiger partial charge is 0.268 e. The molecule has 0 amide bonds. The molecule has 0 saturated heterocycles. The van der Waals surface area contributed by atoms with E-state index < -0.39 is 0 Å². The van der Waals surface area contributed by atoms with E-state index in [4.69, 9.17) is 0 Å². The first-order valence-electron chi connectivity index (χ1n) is 6.49. The van der Waals surface area contributed by atoms with Gasteiger partial charge in [0.05, 0.1) is 12.1 Å². The van der Waals surface area contributed by atoms with Gasteiger partial charge in [0.25, 0.3) is 5.56 Å². The molecule has 0 bridgehead atoms. The van der Waals surface area contributed by atoms with E-state index in [0.717, 1.165) is 5.52 Å². The van der Waals surface area contributed by atoms with Crippen molar-refractivity contribution in [3.05, 3.63) is 63.5 Å². The van der Waals surface area contributed by atoms with Gasteiger partial charge in [-0.15, -0.1) is 11.3 Å². The van der Waals surface area contributed by atoms with E-state index in [1.165, 1.54) is 16.9 Å². The number of H-pyrrole nitrogens is 1. The van der Waals surface area contributed by atoms with Crippen molar-refractivity contribution in [1.82, 2.24) is 15.3 Å². The van der Waals surface area contributed by atoms with Gasteiger partial charge in [0.15, 0.2) is 0 Å². The van der Waals surface area contributed by atoms with Crippen LogP contribution in [0.15, 0.2) is 46.6 Å². The standard InChI is InChI=1S/C15H15N3OS/c1-10(11-5-3-2-4-6-11)16-9-13-17-12-7-8-20-14(12)15(19)18-13/h2-8,10,16H,9H2,1H3,(H,17,18,19)/t10-/m1/s1. The van der Waals surface area contributed by atoms with Crippen LogP contribution in [0.5, 0.6) is 0 Å². The topological polar surface area (TPSA) is 57.8 Å². The average Bonchev–Trinajstić information content (AvgIpc) is 2.94. The molecule has 2 aromatic heterocycles. The summed E-state index contributed by atoms with van der Waals surface area (Å²) in [7, 11) is 0. The Kier molecular flexibility index (Phi) is 3.62. The van der Waals surface area contributed by atoms with E-state index in [2.05, 4.69) is 34.3 Å². The lowest BCUT2D eigenvalue weighted by Gasteiger charge is -2.13. The molecule has 0 aliphatic rings. The molecule has 0 spiro atoms. The van der Waals surface area contributed by atoms with E-state index in [1.54, 1.807) is 0 Å². The third-order valence-corrected chi connectivity index (χ3v) is 4.14. The summed E-state index contributed by atoms with van der Waals surface area (Å²) in [5.41, 5.74) is 1.92. The van der Waals surface area contributed by atoms with E-state index in [1.807, 2.05) is 29.6 Å². The third-order valence-electron chi connectivity index (χ3n) is 3.24. The molecule has 4 nitrogen and oxygen atoms in total. The molecule has 2 heterocycles. The van der Waals surface area contributed by atoms with Gasteiger partial charge in [0, 0.05) is 6.04 Å². The molecule has 1 aromatic carbocycles. The van der Waals surface area contributed by atoms with Crippen LogP contribution in [0.1, 0.15) is 24.4 Å². The summed E-state index contributed by atoms with van der Waals surface area (Å²) in [5.74, 6) is 0.670. The first-order valence-corrected chi connectivity index (χ1v) is 7.37. The van der Waals surface area contributed by atoms with Crippen molar-refractivity contribution in [1.29, 1.82) is 0 Å². The van der Waals surface area contributed by atoms with Crippen molar-refractivity contribution < 1.29 is 0 Å². The summed E-state index contributed by atoms with van der Waals surface area (Å²) in [6, 6.07) is 12.3. The number of fused-ring (bicyclic) bond motifs is 1. The summed E-state index contributed by atoms with van der Waals surface area (Å²) >= 11 is 1.42. The highest BCUT2D eigenvalue weighted by molar-refractivity contribution is 7.17. The molecule has 102 valence electrons. The summed E-state index contributed by atoms with van der Waals surface area (Å²) in [5, 5.41) is 5.26. The molecular formula is C15H15N3OS. The average molecular weight is 285 g/mol. The number of thiophene rings is 1. The molecule has 0 saturated carbocycles. The van der Waals surface area contributed by atoms with Gasteiger partial charge >= 0.3 is 0 Å². The second kappa shape index (κ2) is 5.56. The number of nitrogens with zero attached hydrogens (tertiary/aromatic N) is 1. The van der Waals surface area contributed by atoms with Crippen LogP contribution in [-0.2, 0) is 6.54 Å². The number of benzene rings is 1. The molecule has 0 radical (unpaired) electrons. The molecule has 1 atom stereocenters. The maximum atomic E-state index is 11.9. The highest BCUT2D eigenvalue weighted by Gasteiger charge is 2.07. The van der Waals surface area contributed by atoms with Gasteiger partial charge in [-0.3, -0.25) is 4.79 Å². The second-order valence-electron chi connectivity index (χ2n) is 4.66. The lowest BCUT2D eigenvalue weighted by atomic mass is 10.1. The molecule has 3 rings (SSSR count). The van der Waals surface area contributed by atoms with Crippen molar-refractivity contribution in [3.63, 3.8) is 0 Å². The molecule has 2 N–H and O–H groups in total. The van der Waals surface area contributed by atoms with E-state index in [9.17, 15) is 4.79 Å². The highest BCUT2D eigenvalue weighted by atomic mass is 32.1. The number of hydrogen-bond acceptors (Lipinski definition) is 4. The van der Waals surface area contributed by atoms with Crippen LogP contribution in [0.3, 0.4) is 0 Å². The molecule has 0 fully saturated rings. The van der Waals surface area contributed by atoms with Crippen LogP contribution in [0.25, 0.3) is 10.2 Å². The van der Waals surface area contributed by atoms with Crippen molar-refractivity contribution in [2.24, 2.45) is 0 Å². The van der Waals surface area contributed by atoms with E-state index in [-0.39, 0.29) is 11.6 Å². The molecule has 0 aliphatic heterocycles. The second-order valence-corrected chi connectivity index (χ2v) is 5.58. The highest BCUT2D eigenvalue weighted by Crippen LogP contribution is 2.14. The lowest BCUT2D eigenvalue weighted by Crippen LogP contribution is -2.21. The fourth-order valence-corrected chi connectivity index (χ4v) is 2.84. The molecular weight excluding hydrogens is 270 g/mol. The Morgan fingerprint density at radius 1 is 1.30 bits per heavy atom. The maximum absolute atomic E-state index is 11.9. The predicted molar refractivity (Wildman–Crippen MR) is 81.9 cm³/mol. The molecule has 0 unspecified atom stereocenters. The van der Waals surface area contributed by atoms with Gasteiger partial charge in [0.1, 0.15) is 10.5 Å². The normalized spacial score (nSPS) is 12.7.